The molecule has 1 aromatic carbocycles. The maximum absolute atomic E-state index is 4.74. The Morgan fingerprint density at radius 1 is 1.21 bits per heavy atom. The second kappa shape index (κ2) is 9.01. The minimum atomic E-state index is 0.694. The number of rotatable bonds is 6. The Hall–Kier alpha value is -2.67. The molecule has 0 atom stereocenters. The minimum absolute atomic E-state index is 0.694. The van der Waals surface area contributed by atoms with E-state index in [0.29, 0.717) is 6.54 Å². The molecular formula is C21H28N6S. The lowest BCUT2D eigenvalue weighted by molar-refractivity contribution is 0.470. The molecule has 0 amide bonds. The van der Waals surface area contributed by atoms with E-state index in [-0.39, 0.29) is 0 Å². The topological polar surface area (TPSA) is 58.3 Å². The third kappa shape index (κ3) is 4.78. The number of nitrogens with one attached hydrogen (secondary N) is 1. The predicted molar refractivity (Wildman–Crippen MR) is 116 cm³/mol. The molecule has 0 radical (unpaired) electrons. The van der Waals surface area contributed by atoms with Crippen LogP contribution in [0, 0.1) is 20.8 Å². The van der Waals surface area contributed by atoms with Gasteiger partial charge in [0.1, 0.15) is 0 Å². The van der Waals surface area contributed by atoms with Crippen molar-refractivity contribution in [1.82, 2.24) is 25.0 Å². The molecule has 0 saturated heterocycles. The number of guanidine groups is 1. The lowest BCUT2D eigenvalue weighted by Gasteiger charge is -2.21. The number of nitrogens with zero attached hydrogens (tertiary/aromatic N) is 5. The summed E-state index contributed by atoms with van der Waals surface area (Å²) in [5.74, 6) is 0.847. The highest BCUT2D eigenvalue weighted by molar-refractivity contribution is 7.09. The van der Waals surface area contributed by atoms with E-state index in [1.165, 1.54) is 16.8 Å². The molecule has 3 aromatic rings. The van der Waals surface area contributed by atoms with Gasteiger partial charge >= 0.3 is 0 Å². The molecule has 0 unspecified atom stereocenters. The quantitative estimate of drug-likeness (QED) is 0.512. The fraction of sp³-hybridized carbons (Fsp3) is 0.381. The van der Waals surface area contributed by atoms with Crippen LogP contribution in [-0.2, 0) is 19.6 Å². The normalized spacial score (nSPS) is 11.7. The highest BCUT2D eigenvalue weighted by Crippen LogP contribution is 2.15. The van der Waals surface area contributed by atoms with Crippen molar-refractivity contribution in [2.24, 2.45) is 4.99 Å². The van der Waals surface area contributed by atoms with E-state index >= 15 is 0 Å². The van der Waals surface area contributed by atoms with Gasteiger partial charge in [0, 0.05) is 37.3 Å². The van der Waals surface area contributed by atoms with Crippen LogP contribution in [0.25, 0.3) is 0 Å². The first kappa shape index (κ1) is 20.1. The predicted octanol–water partition coefficient (Wildman–Crippen LogP) is 3.52. The van der Waals surface area contributed by atoms with Gasteiger partial charge in [0.25, 0.3) is 0 Å². The minimum Gasteiger partial charge on any atom is -0.352 e. The molecule has 7 heteroatoms. The molecule has 2 aromatic heterocycles. The van der Waals surface area contributed by atoms with Gasteiger partial charge in [0.2, 0.25) is 0 Å². The Morgan fingerprint density at radius 3 is 2.61 bits per heavy atom. The molecule has 3 rings (SSSR count). The summed E-state index contributed by atoms with van der Waals surface area (Å²) in [5.41, 5.74) is 5.77. The molecule has 1 N–H and O–H groups in total. The standard InChI is InChI=1S/C21H28N6S/c1-15-20(16(2)27(25-15)12-18-9-7-6-8-10-18)11-23-21(22-4)26(5)13-19-14-28-17(3)24-19/h6-10,14H,11-13H2,1-5H3,(H,22,23). The average molecular weight is 397 g/mol. The molecule has 0 aliphatic carbocycles. The summed E-state index contributed by atoms with van der Waals surface area (Å²) in [7, 11) is 3.84. The highest BCUT2D eigenvalue weighted by Gasteiger charge is 2.14. The first-order chi connectivity index (χ1) is 13.5. The Labute approximate surface area is 171 Å². The molecular weight excluding hydrogens is 368 g/mol. The van der Waals surface area contributed by atoms with Crippen molar-refractivity contribution in [1.29, 1.82) is 0 Å². The monoisotopic (exact) mass is 396 g/mol. The number of aryl methyl sites for hydroxylation is 2. The zero-order valence-corrected chi connectivity index (χ0v) is 18.0. The average Bonchev–Trinajstić information content (AvgIpc) is 3.20. The SMILES string of the molecule is CN=C(NCc1c(C)nn(Cc2ccccc2)c1C)N(C)Cc1csc(C)n1. The van der Waals surface area contributed by atoms with E-state index < -0.39 is 0 Å². The van der Waals surface area contributed by atoms with Gasteiger partial charge in [-0.15, -0.1) is 11.3 Å². The molecule has 0 spiro atoms. The number of hydrogen-bond acceptors (Lipinski definition) is 4. The molecule has 28 heavy (non-hydrogen) atoms. The second-order valence-electron chi connectivity index (χ2n) is 6.91. The Bertz CT molecular complexity index is 941. The fourth-order valence-electron chi connectivity index (χ4n) is 3.25. The number of thiazole rings is 1. The second-order valence-corrected chi connectivity index (χ2v) is 7.97. The Morgan fingerprint density at radius 2 is 1.96 bits per heavy atom. The van der Waals surface area contributed by atoms with Crippen molar-refractivity contribution in [2.45, 2.75) is 40.4 Å². The lowest BCUT2D eigenvalue weighted by Crippen LogP contribution is -2.38. The first-order valence-electron chi connectivity index (χ1n) is 9.37. The fourth-order valence-corrected chi connectivity index (χ4v) is 3.85. The lowest BCUT2D eigenvalue weighted by atomic mass is 10.2. The van der Waals surface area contributed by atoms with Crippen LogP contribution in [0.2, 0.25) is 0 Å². The van der Waals surface area contributed by atoms with Crippen LogP contribution in [0.3, 0.4) is 0 Å². The van der Waals surface area contributed by atoms with Crippen molar-refractivity contribution in [3.8, 4) is 0 Å². The Kier molecular flexibility index (Phi) is 6.46. The number of benzene rings is 1. The third-order valence-corrected chi connectivity index (χ3v) is 5.59. The molecule has 0 fully saturated rings. The molecule has 0 aliphatic heterocycles. The molecule has 6 nitrogen and oxygen atoms in total. The third-order valence-electron chi connectivity index (χ3n) is 4.77. The van der Waals surface area contributed by atoms with Gasteiger partial charge < -0.3 is 10.2 Å². The first-order valence-corrected chi connectivity index (χ1v) is 10.3. The maximum atomic E-state index is 4.74. The summed E-state index contributed by atoms with van der Waals surface area (Å²) in [4.78, 5) is 11.0. The summed E-state index contributed by atoms with van der Waals surface area (Å²) in [6, 6.07) is 10.4. The van der Waals surface area contributed by atoms with Crippen molar-refractivity contribution >= 4 is 17.3 Å². The van der Waals surface area contributed by atoms with Crippen LogP contribution >= 0.6 is 11.3 Å². The zero-order chi connectivity index (χ0) is 20.1. The van der Waals surface area contributed by atoms with Gasteiger partial charge in [-0.05, 0) is 26.3 Å². The molecule has 0 saturated carbocycles. The molecule has 0 bridgehead atoms. The number of aliphatic imine (C=N–C) groups is 1. The van der Waals surface area contributed by atoms with Crippen molar-refractivity contribution in [3.05, 3.63) is 68.9 Å². The van der Waals surface area contributed by atoms with E-state index in [4.69, 9.17) is 5.10 Å². The van der Waals surface area contributed by atoms with Gasteiger partial charge in [-0.3, -0.25) is 9.67 Å². The summed E-state index contributed by atoms with van der Waals surface area (Å²) in [6.45, 7) is 8.43. The largest absolute Gasteiger partial charge is 0.352 e. The van der Waals surface area contributed by atoms with Crippen molar-refractivity contribution < 1.29 is 0 Å². The van der Waals surface area contributed by atoms with Gasteiger partial charge in [-0.2, -0.15) is 5.10 Å². The summed E-state index contributed by atoms with van der Waals surface area (Å²) in [5, 5.41) is 11.4. The van der Waals surface area contributed by atoms with E-state index in [1.807, 2.05) is 27.1 Å². The molecule has 0 aliphatic rings. The smallest absolute Gasteiger partial charge is 0.194 e. The van der Waals surface area contributed by atoms with Crippen LogP contribution in [0.5, 0.6) is 0 Å². The zero-order valence-electron chi connectivity index (χ0n) is 17.2. The Balaban J connectivity index is 1.65. The van der Waals surface area contributed by atoms with Crippen LogP contribution in [0.1, 0.15) is 33.2 Å². The summed E-state index contributed by atoms with van der Waals surface area (Å²) >= 11 is 1.67. The van der Waals surface area contributed by atoms with Gasteiger partial charge in [-0.25, -0.2) is 4.98 Å². The van der Waals surface area contributed by atoms with E-state index in [9.17, 15) is 0 Å². The van der Waals surface area contributed by atoms with Gasteiger partial charge in [0.05, 0.1) is 29.5 Å². The van der Waals surface area contributed by atoms with Crippen LogP contribution in [0.15, 0.2) is 40.7 Å². The number of hydrogen-bond donors (Lipinski definition) is 1. The molecule has 2 heterocycles. The van der Waals surface area contributed by atoms with E-state index in [1.54, 1.807) is 11.3 Å². The van der Waals surface area contributed by atoms with Gasteiger partial charge in [0.15, 0.2) is 5.96 Å². The molecule has 148 valence electrons. The maximum Gasteiger partial charge on any atom is 0.194 e. The highest BCUT2D eigenvalue weighted by atomic mass is 32.1. The van der Waals surface area contributed by atoms with Crippen LogP contribution in [0.4, 0.5) is 0 Å². The summed E-state index contributed by atoms with van der Waals surface area (Å²) in [6.07, 6.45) is 0. The van der Waals surface area contributed by atoms with Gasteiger partial charge in [-0.1, -0.05) is 30.3 Å². The number of aromatic nitrogens is 3. The van der Waals surface area contributed by atoms with E-state index in [2.05, 4.69) is 68.4 Å². The van der Waals surface area contributed by atoms with Crippen LogP contribution in [-0.4, -0.2) is 39.7 Å². The van der Waals surface area contributed by atoms with Crippen molar-refractivity contribution in [2.75, 3.05) is 14.1 Å². The van der Waals surface area contributed by atoms with Crippen LogP contribution < -0.4 is 5.32 Å². The summed E-state index contributed by atoms with van der Waals surface area (Å²) < 4.78 is 2.08. The van der Waals surface area contributed by atoms with Crippen molar-refractivity contribution in [3.63, 3.8) is 0 Å². The van der Waals surface area contributed by atoms with E-state index in [0.717, 1.165) is 35.4 Å².